The summed E-state index contributed by atoms with van der Waals surface area (Å²) in [5.41, 5.74) is 3.87. The summed E-state index contributed by atoms with van der Waals surface area (Å²) in [6.07, 6.45) is 0. The highest BCUT2D eigenvalue weighted by Gasteiger charge is 2.26. The minimum atomic E-state index is 0.621. The summed E-state index contributed by atoms with van der Waals surface area (Å²) in [4.78, 5) is 14.7. The molecule has 182 valence electrons. The number of hydrogen-bond donors (Lipinski definition) is 0. The fourth-order valence-electron chi connectivity index (χ4n) is 5.15. The van der Waals surface area contributed by atoms with Crippen LogP contribution in [0, 0.1) is 0 Å². The van der Waals surface area contributed by atoms with Crippen LogP contribution in [-0.2, 0) is 0 Å². The summed E-state index contributed by atoms with van der Waals surface area (Å²) in [5.74, 6) is 2.71. The van der Waals surface area contributed by atoms with Crippen LogP contribution in [0.15, 0.2) is 70.6 Å². The molecule has 0 bridgehead atoms. The summed E-state index contributed by atoms with van der Waals surface area (Å²) in [5, 5.41) is 3.57. The number of ether oxygens (including phenoxy) is 2. The largest absolute Gasteiger partial charge is 0.449 e. The number of anilines is 2. The second-order valence-corrected chi connectivity index (χ2v) is 8.98. The van der Waals surface area contributed by atoms with Crippen molar-refractivity contribution in [2.45, 2.75) is 27.7 Å². The van der Waals surface area contributed by atoms with Gasteiger partial charge in [-0.25, -0.2) is 9.98 Å². The maximum atomic E-state index is 6.58. The van der Waals surface area contributed by atoms with Gasteiger partial charge in [-0.1, -0.05) is 24.3 Å². The van der Waals surface area contributed by atoms with E-state index in [1.807, 2.05) is 24.3 Å². The van der Waals surface area contributed by atoms with Gasteiger partial charge in [0.1, 0.15) is 22.1 Å². The van der Waals surface area contributed by atoms with Gasteiger partial charge in [0.15, 0.2) is 23.0 Å². The SMILES string of the molecule is CCN(CC)c1ccc2c(c1)Oc1c3c(c4ccccc4c1=N2)=Nc1ccc(N(CC)CC)cc1O3. The van der Waals surface area contributed by atoms with Gasteiger partial charge in [0.05, 0.1) is 0 Å². The lowest BCUT2D eigenvalue weighted by molar-refractivity contribution is 0.405. The predicted molar refractivity (Wildman–Crippen MR) is 146 cm³/mol. The highest BCUT2D eigenvalue weighted by molar-refractivity contribution is 5.87. The van der Waals surface area contributed by atoms with Gasteiger partial charge in [0.25, 0.3) is 0 Å². The molecule has 2 aliphatic heterocycles. The summed E-state index contributed by atoms with van der Waals surface area (Å²) >= 11 is 0. The van der Waals surface area contributed by atoms with E-state index in [1.54, 1.807) is 0 Å². The zero-order valence-corrected chi connectivity index (χ0v) is 21.2. The topological polar surface area (TPSA) is 49.7 Å². The number of fused-ring (bicyclic) bond motifs is 8. The first-order valence-electron chi connectivity index (χ1n) is 12.8. The predicted octanol–water partition coefficient (Wildman–Crippen LogP) is 6.65. The average Bonchev–Trinajstić information content (AvgIpc) is 2.92. The van der Waals surface area contributed by atoms with E-state index >= 15 is 0 Å². The fourth-order valence-corrected chi connectivity index (χ4v) is 5.15. The van der Waals surface area contributed by atoms with Crippen LogP contribution in [-0.4, -0.2) is 26.2 Å². The molecule has 0 unspecified atom stereocenters. The molecule has 6 nitrogen and oxygen atoms in total. The summed E-state index contributed by atoms with van der Waals surface area (Å²) in [6, 6.07) is 20.6. The van der Waals surface area contributed by atoms with Crippen molar-refractivity contribution in [3.8, 4) is 23.0 Å². The zero-order chi connectivity index (χ0) is 24.8. The maximum absolute atomic E-state index is 6.58. The van der Waals surface area contributed by atoms with Crippen LogP contribution in [0.2, 0.25) is 0 Å². The van der Waals surface area contributed by atoms with Gasteiger partial charge in [-0.3, -0.25) is 0 Å². The highest BCUT2D eigenvalue weighted by atomic mass is 16.5. The summed E-state index contributed by atoms with van der Waals surface area (Å²) in [7, 11) is 0. The van der Waals surface area contributed by atoms with Gasteiger partial charge < -0.3 is 19.3 Å². The van der Waals surface area contributed by atoms with Crippen LogP contribution in [0.4, 0.5) is 22.7 Å². The van der Waals surface area contributed by atoms with Crippen molar-refractivity contribution in [1.29, 1.82) is 0 Å². The monoisotopic (exact) mass is 478 g/mol. The molecular formula is C30H30N4O2. The Bertz CT molecular complexity index is 1480. The van der Waals surface area contributed by atoms with Crippen LogP contribution >= 0.6 is 0 Å². The molecule has 6 heteroatoms. The summed E-state index contributed by atoms with van der Waals surface area (Å²) in [6.45, 7) is 12.3. The van der Waals surface area contributed by atoms with Crippen molar-refractivity contribution >= 4 is 33.5 Å². The van der Waals surface area contributed by atoms with E-state index in [0.717, 1.165) is 81.9 Å². The smallest absolute Gasteiger partial charge is 0.198 e. The molecular weight excluding hydrogens is 448 g/mol. The molecule has 0 aromatic heterocycles. The molecule has 36 heavy (non-hydrogen) atoms. The second kappa shape index (κ2) is 8.86. The molecule has 4 aromatic rings. The first kappa shape index (κ1) is 22.4. The molecule has 0 atom stereocenters. The second-order valence-electron chi connectivity index (χ2n) is 8.98. The molecule has 4 aromatic carbocycles. The Morgan fingerprint density at radius 1 is 0.583 bits per heavy atom. The minimum Gasteiger partial charge on any atom is -0.449 e. The molecule has 0 radical (unpaired) electrons. The van der Waals surface area contributed by atoms with Gasteiger partial charge in [-0.15, -0.1) is 0 Å². The van der Waals surface area contributed by atoms with Crippen molar-refractivity contribution in [2.75, 3.05) is 36.0 Å². The van der Waals surface area contributed by atoms with E-state index in [4.69, 9.17) is 19.5 Å². The number of nitrogens with zero attached hydrogens (tertiary/aromatic N) is 4. The van der Waals surface area contributed by atoms with Crippen LogP contribution < -0.4 is 30.0 Å². The number of benzene rings is 4. The molecule has 0 amide bonds. The van der Waals surface area contributed by atoms with Crippen LogP contribution in [0.5, 0.6) is 23.0 Å². The lowest BCUT2D eigenvalue weighted by Crippen LogP contribution is -2.23. The molecule has 2 aliphatic rings. The van der Waals surface area contributed by atoms with Gasteiger partial charge in [0, 0.05) is 60.5 Å². The van der Waals surface area contributed by atoms with Gasteiger partial charge in [-0.2, -0.15) is 0 Å². The van der Waals surface area contributed by atoms with Crippen LogP contribution in [0.1, 0.15) is 27.7 Å². The van der Waals surface area contributed by atoms with Crippen molar-refractivity contribution in [3.63, 3.8) is 0 Å². The third-order valence-corrected chi connectivity index (χ3v) is 7.11. The van der Waals surface area contributed by atoms with Crippen LogP contribution in [0.25, 0.3) is 10.8 Å². The molecule has 0 saturated carbocycles. The zero-order valence-electron chi connectivity index (χ0n) is 21.2. The van der Waals surface area contributed by atoms with E-state index in [9.17, 15) is 0 Å². The Balaban J connectivity index is 1.57. The van der Waals surface area contributed by atoms with E-state index in [0.29, 0.717) is 11.5 Å². The third-order valence-electron chi connectivity index (χ3n) is 7.11. The lowest BCUT2D eigenvalue weighted by Gasteiger charge is -2.26. The van der Waals surface area contributed by atoms with Crippen molar-refractivity contribution in [3.05, 3.63) is 71.4 Å². The summed E-state index contributed by atoms with van der Waals surface area (Å²) < 4.78 is 13.2. The Kier molecular flexibility index (Phi) is 5.52. The Morgan fingerprint density at radius 2 is 1.00 bits per heavy atom. The normalized spacial score (nSPS) is 12.7. The van der Waals surface area contributed by atoms with E-state index in [-0.39, 0.29) is 0 Å². The Labute approximate surface area is 211 Å². The molecule has 0 N–H and O–H groups in total. The lowest BCUT2D eigenvalue weighted by atomic mass is 10.1. The minimum absolute atomic E-state index is 0.621. The van der Waals surface area contributed by atoms with Crippen LogP contribution in [0.3, 0.4) is 0 Å². The molecule has 2 heterocycles. The first-order valence-corrected chi connectivity index (χ1v) is 12.8. The van der Waals surface area contributed by atoms with E-state index in [2.05, 4.69) is 73.9 Å². The first-order chi connectivity index (χ1) is 17.6. The van der Waals surface area contributed by atoms with Crippen molar-refractivity contribution < 1.29 is 9.47 Å². The quantitative estimate of drug-likeness (QED) is 0.269. The third kappa shape index (κ3) is 3.48. The molecule has 0 fully saturated rings. The standard InChI is InChI=1S/C30H30N4O2/c1-5-33(6-2)19-13-15-23-25(17-19)35-29-27(31-23)21-11-9-10-12-22(21)28-30(29)36-26-18-20(34(7-3)8-4)14-16-24(26)32-28/h9-18H,5-8H2,1-4H3. The molecule has 0 saturated heterocycles. The van der Waals surface area contributed by atoms with Gasteiger partial charge in [0.2, 0.25) is 0 Å². The number of rotatable bonds is 6. The van der Waals surface area contributed by atoms with E-state index in [1.165, 1.54) is 0 Å². The van der Waals surface area contributed by atoms with Gasteiger partial charge in [-0.05, 0) is 52.0 Å². The average molecular weight is 479 g/mol. The highest BCUT2D eigenvalue weighted by Crippen LogP contribution is 2.44. The van der Waals surface area contributed by atoms with Gasteiger partial charge >= 0.3 is 0 Å². The maximum Gasteiger partial charge on any atom is 0.198 e. The van der Waals surface area contributed by atoms with E-state index < -0.39 is 0 Å². The van der Waals surface area contributed by atoms with Crippen molar-refractivity contribution in [2.24, 2.45) is 9.98 Å². The van der Waals surface area contributed by atoms with Crippen molar-refractivity contribution in [1.82, 2.24) is 0 Å². The molecule has 0 aliphatic carbocycles. The fraction of sp³-hybridized carbons (Fsp3) is 0.267. The number of hydrogen-bond acceptors (Lipinski definition) is 6. The Hall–Kier alpha value is -4.06. The Morgan fingerprint density at radius 3 is 1.39 bits per heavy atom. The molecule has 0 spiro atoms. The molecule has 6 rings (SSSR count).